The lowest BCUT2D eigenvalue weighted by molar-refractivity contribution is -0.129. The molecule has 3 aromatic heterocycles. The first-order valence-electron chi connectivity index (χ1n) is 23.0. The molecule has 4 aliphatic heterocycles. The quantitative estimate of drug-likeness (QED) is 0.147. The van der Waals surface area contributed by atoms with Crippen molar-refractivity contribution in [1.82, 2.24) is 39.2 Å². The Morgan fingerprint density at radius 2 is 1.43 bits per heavy atom. The minimum absolute atomic E-state index is 0.0933. The number of aromatic nitrogens is 5. The molecule has 0 spiro atoms. The van der Waals surface area contributed by atoms with Crippen LogP contribution in [0, 0.1) is 5.92 Å². The van der Waals surface area contributed by atoms with Crippen LogP contribution < -0.4 is 26.0 Å². The second kappa shape index (κ2) is 17.8. The lowest BCUT2D eigenvalue weighted by atomic mass is 9.87. The number of hydrogen-bond acceptors (Lipinski definition) is 8. The number of carbonyl (C=O) groups excluding carboxylic acids is 2. The molecule has 7 heterocycles. The topological polar surface area (TPSA) is 129 Å². The summed E-state index contributed by atoms with van der Waals surface area (Å²) in [6.07, 6.45) is 3.20. The number of nitrogens with one attached hydrogen (secondary N) is 2. The Morgan fingerprint density at radius 1 is 0.765 bits per heavy atom. The maximum atomic E-state index is 15.3. The normalized spacial score (nSPS) is 16.8. The number of benzene rings is 3. The summed E-state index contributed by atoms with van der Waals surface area (Å²) in [7, 11) is 5.07. The van der Waals surface area contributed by atoms with Crippen LogP contribution in [-0.4, -0.2) is 85.6 Å². The molecule has 354 valence electrons. The molecule has 1 atom stereocenters. The van der Waals surface area contributed by atoms with Gasteiger partial charge in [-0.25, -0.2) is 22.4 Å². The molecule has 3 aromatic carbocycles. The summed E-state index contributed by atoms with van der Waals surface area (Å²) >= 11 is 0. The minimum Gasteiger partial charge on any atom is -0.383 e. The van der Waals surface area contributed by atoms with Gasteiger partial charge in [0.2, 0.25) is 5.91 Å². The lowest BCUT2D eigenvalue weighted by Crippen LogP contribution is -2.42. The Labute approximate surface area is 390 Å². The van der Waals surface area contributed by atoms with Crippen LogP contribution in [0.5, 0.6) is 0 Å². The second-order valence-electron chi connectivity index (χ2n) is 18.3. The molecule has 0 bridgehead atoms. The highest BCUT2D eigenvalue weighted by Crippen LogP contribution is 2.45. The van der Waals surface area contributed by atoms with E-state index in [1.165, 1.54) is 13.0 Å². The molecule has 0 aliphatic carbocycles. The molecule has 10 rings (SSSR count). The number of carbonyl (C=O) groups is 2. The van der Waals surface area contributed by atoms with Crippen molar-refractivity contribution >= 4 is 40.4 Å². The fraction of sp³-hybridized carbons (Fsp3) is 0.380. The maximum Gasteiger partial charge on any atom is 0.317 e. The molecule has 14 nitrogen and oxygen atoms in total. The maximum absolute atomic E-state index is 15.3. The van der Waals surface area contributed by atoms with Crippen LogP contribution in [0.1, 0.15) is 65.3 Å². The fourth-order valence-corrected chi connectivity index (χ4v) is 10.7. The highest BCUT2D eigenvalue weighted by Gasteiger charge is 2.34. The molecule has 2 N–H and O–H groups in total. The predicted octanol–water partition coefficient (Wildman–Crippen LogP) is 8.09. The minimum atomic E-state index is -2.79. The van der Waals surface area contributed by atoms with Crippen molar-refractivity contribution in [2.24, 2.45) is 20.0 Å². The van der Waals surface area contributed by atoms with E-state index < -0.39 is 12.9 Å². The largest absolute Gasteiger partial charge is 0.383 e. The third-order valence-electron chi connectivity index (χ3n) is 14.0. The zero-order chi connectivity index (χ0) is 47.5. The van der Waals surface area contributed by atoms with E-state index in [1.807, 2.05) is 44.7 Å². The van der Waals surface area contributed by atoms with Gasteiger partial charge in [-0.15, -0.1) is 0 Å². The van der Waals surface area contributed by atoms with Crippen LogP contribution in [0.25, 0.3) is 22.3 Å². The van der Waals surface area contributed by atoms with Gasteiger partial charge in [-0.3, -0.25) is 19.0 Å². The SMILES string of the molecule is CNC(=O)N1CCNc2ccc(N3CC(Cn4c5c(cc(N6CCCc7cc(-c8cnn(C)c8)c(C(F)F)cc76)c4=O)CN(C(C)=O)CC5)Cc4cc(-c5cnn(C)c5)c(C(F)F)cc43)cc2C1. The predicted molar refractivity (Wildman–Crippen MR) is 252 cm³/mol. The van der Waals surface area contributed by atoms with Crippen molar-refractivity contribution in [2.45, 2.75) is 65.1 Å². The summed E-state index contributed by atoms with van der Waals surface area (Å²) < 4.78 is 65.2. The molecule has 3 amide bonds. The number of urea groups is 1. The number of fused-ring (bicyclic) bond motifs is 4. The molecule has 68 heavy (non-hydrogen) atoms. The van der Waals surface area contributed by atoms with E-state index in [0.717, 1.165) is 39.3 Å². The van der Waals surface area contributed by atoms with Gasteiger partial charge in [0, 0.05) is 150 Å². The van der Waals surface area contributed by atoms with Crippen molar-refractivity contribution in [3.63, 3.8) is 0 Å². The van der Waals surface area contributed by atoms with E-state index in [2.05, 4.69) is 20.8 Å². The average Bonchev–Trinajstić information content (AvgIpc) is 3.91. The second-order valence-corrected chi connectivity index (χ2v) is 18.3. The van der Waals surface area contributed by atoms with Crippen LogP contribution in [0.15, 0.2) is 78.1 Å². The van der Waals surface area contributed by atoms with Crippen molar-refractivity contribution in [3.05, 3.63) is 123 Å². The number of aryl methyl sites for hydroxylation is 3. The highest BCUT2D eigenvalue weighted by molar-refractivity contribution is 5.80. The zero-order valence-corrected chi connectivity index (χ0v) is 38.4. The Bertz CT molecular complexity index is 3020. The van der Waals surface area contributed by atoms with Crippen LogP contribution in [0.4, 0.5) is 50.8 Å². The number of halogens is 4. The lowest BCUT2D eigenvalue weighted by Gasteiger charge is -2.39. The molecule has 4 aliphatic rings. The first-order chi connectivity index (χ1) is 32.7. The fourth-order valence-electron chi connectivity index (χ4n) is 10.7. The van der Waals surface area contributed by atoms with Gasteiger partial charge in [0.25, 0.3) is 18.4 Å². The molecular weight excluding hydrogens is 879 g/mol. The standard InChI is InChI=1S/C50H53F4N11O3/c1-29(66)61-12-9-43-34(28-61)18-46(63-11-5-6-31-16-38(35-21-57-59(3)25-35)40(47(51)52)19-44(31)63)49(67)65(43)24-30-14-32-17-39(36-22-58-60(4)26-36)41(48(53)54)20-45(32)64(23-30)37-7-8-42-33(15-37)27-62(13-10-56-42)50(68)55-2/h7-8,15-22,25-26,30,47-48,56H,5-6,9-14,23-24,27-28H2,1-4H3,(H,55,68). The summed E-state index contributed by atoms with van der Waals surface area (Å²) in [6, 6.07) is 14.3. The third kappa shape index (κ3) is 8.23. The van der Waals surface area contributed by atoms with Gasteiger partial charge in [0.05, 0.1) is 12.4 Å². The number of hydrogen-bond donors (Lipinski definition) is 2. The van der Waals surface area contributed by atoms with E-state index in [0.29, 0.717) is 104 Å². The Hall–Kier alpha value is -7.11. The molecule has 0 saturated carbocycles. The van der Waals surface area contributed by atoms with Crippen LogP contribution in [0.2, 0.25) is 0 Å². The van der Waals surface area contributed by atoms with E-state index in [-0.39, 0.29) is 47.6 Å². The molecule has 1 unspecified atom stereocenters. The van der Waals surface area contributed by atoms with E-state index in [1.54, 1.807) is 77.2 Å². The van der Waals surface area contributed by atoms with Crippen LogP contribution >= 0.6 is 0 Å². The van der Waals surface area contributed by atoms with E-state index in [9.17, 15) is 18.4 Å². The first-order valence-corrected chi connectivity index (χ1v) is 23.0. The number of alkyl halides is 4. The monoisotopic (exact) mass is 931 g/mol. The Morgan fingerprint density at radius 3 is 2.06 bits per heavy atom. The number of nitrogens with zero attached hydrogens (tertiary/aromatic N) is 9. The van der Waals surface area contributed by atoms with E-state index in [4.69, 9.17) is 0 Å². The van der Waals surface area contributed by atoms with Gasteiger partial charge >= 0.3 is 6.03 Å². The van der Waals surface area contributed by atoms with Gasteiger partial charge in [-0.1, -0.05) is 0 Å². The van der Waals surface area contributed by atoms with Crippen LogP contribution in [-0.2, 0) is 57.8 Å². The van der Waals surface area contributed by atoms with Gasteiger partial charge in [-0.05, 0) is 107 Å². The van der Waals surface area contributed by atoms with Gasteiger partial charge in [0.1, 0.15) is 5.69 Å². The Kier molecular flexibility index (Phi) is 11.7. The van der Waals surface area contributed by atoms with E-state index >= 15 is 13.6 Å². The van der Waals surface area contributed by atoms with Crippen molar-refractivity contribution in [3.8, 4) is 22.3 Å². The molecule has 0 fully saturated rings. The highest BCUT2D eigenvalue weighted by atomic mass is 19.3. The molecule has 18 heteroatoms. The van der Waals surface area contributed by atoms with Crippen molar-refractivity contribution in [2.75, 3.05) is 54.9 Å². The summed E-state index contributed by atoms with van der Waals surface area (Å²) in [6.45, 7) is 4.62. The van der Waals surface area contributed by atoms with Gasteiger partial charge in [-0.2, -0.15) is 10.2 Å². The molecular formula is C50H53F4N11O3. The number of rotatable bonds is 8. The first kappa shape index (κ1) is 44.7. The number of amides is 3. The van der Waals surface area contributed by atoms with Gasteiger partial charge < -0.3 is 34.8 Å². The molecule has 0 radical (unpaired) electrons. The average molecular weight is 932 g/mol. The summed E-state index contributed by atoms with van der Waals surface area (Å²) in [4.78, 5) is 48.4. The summed E-state index contributed by atoms with van der Waals surface area (Å²) in [5.41, 5.74) is 8.64. The van der Waals surface area contributed by atoms with Crippen LogP contribution in [0.3, 0.4) is 0 Å². The number of anilines is 5. The molecule has 6 aromatic rings. The summed E-state index contributed by atoms with van der Waals surface area (Å²) in [5.74, 6) is -0.325. The third-order valence-corrected chi connectivity index (χ3v) is 14.0. The Balaban J connectivity index is 1.09. The van der Waals surface area contributed by atoms with Crippen molar-refractivity contribution < 1.29 is 27.2 Å². The van der Waals surface area contributed by atoms with Crippen molar-refractivity contribution in [1.29, 1.82) is 0 Å². The van der Waals surface area contributed by atoms with Gasteiger partial charge in [0.15, 0.2) is 0 Å². The number of pyridine rings is 1. The zero-order valence-electron chi connectivity index (χ0n) is 38.4. The smallest absolute Gasteiger partial charge is 0.317 e. The summed E-state index contributed by atoms with van der Waals surface area (Å²) in [5, 5.41) is 14.7. The molecule has 0 saturated heterocycles.